The summed E-state index contributed by atoms with van der Waals surface area (Å²) in [6.45, 7) is 0.994. The van der Waals surface area contributed by atoms with Crippen molar-refractivity contribution in [1.82, 2.24) is 19.7 Å². The fourth-order valence-electron chi connectivity index (χ4n) is 2.97. The lowest BCUT2D eigenvalue weighted by Gasteiger charge is -2.09. The number of hydrogen-bond acceptors (Lipinski definition) is 5. The van der Waals surface area contributed by atoms with Crippen LogP contribution in [0.3, 0.4) is 0 Å². The number of anilines is 1. The number of thiazole rings is 1. The van der Waals surface area contributed by atoms with Crippen LogP contribution >= 0.6 is 11.3 Å². The zero-order valence-corrected chi connectivity index (χ0v) is 17.8. The summed E-state index contributed by atoms with van der Waals surface area (Å²) < 4.78 is 1.80. The topological polar surface area (TPSA) is 63.1 Å². The molecule has 0 unspecified atom stereocenters. The zero-order valence-electron chi connectivity index (χ0n) is 16.9. The van der Waals surface area contributed by atoms with Gasteiger partial charge >= 0.3 is 0 Å². The number of aromatic nitrogens is 3. The Bertz CT molecular complexity index is 1120. The molecule has 0 atom stereocenters. The van der Waals surface area contributed by atoms with Crippen LogP contribution in [0.5, 0.6) is 0 Å². The van der Waals surface area contributed by atoms with Crippen LogP contribution in [0.2, 0.25) is 0 Å². The lowest BCUT2D eigenvalue weighted by molar-refractivity contribution is 0.102. The van der Waals surface area contributed by atoms with E-state index < -0.39 is 0 Å². The van der Waals surface area contributed by atoms with Gasteiger partial charge in [0.25, 0.3) is 5.91 Å². The smallest absolute Gasteiger partial charge is 0.275 e. The Morgan fingerprint density at radius 3 is 2.60 bits per heavy atom. The highest BCUT2D eigenvalue weighted by molar-refractivity contribution is 7.13. The molecule has 1 amide bonds. The lowest BCUT2D eigenvalue weighted by atomic mass is 10.1. The van der Waals surface area contributed by atoms with Gasteiger partial charge in [-0.1, -0.05) is 30.3 Å². The molecule has 0 radical (unpaired) electrons. The number of rotatable bonds is 7. The molecule has 7 heteroatoms. The van der Waals surface area contributed by atoms with E-state index in [1.165, 1.54) is 16.9 Å². The summed E-state index contributed by atoms with van der Waals surface area (Å²) in [5, 5.41) is 9.86. The van der Waals surface area contributed by atoms with E-state index in [0.29, 0.717) is 5.69 Å². The van der Waals surface area contributed by atoms with E-state index >= 15 is 0 Å². The van der Waals surface area contributed by atoms with Crippen LogP contribution in [0.4, 0.5) is 5.69 Å². The van der Waals surface area contributed by atoms with Crippen molar-refractivity contribution in [2.45, 2.75) is 6.42 Å². The average molecular weight is 418 g/mol. The van der Waals surface area contributed by atoms with E-state index in [0.717, 1.165) is 34.9 Å². The van der Waals surface area contributed by atoms with Crippen molar-refractivity contribution in [3.8, 4) is 16.3 Å². The molecule has 1 N–H and O–H groups in total. The number of nitrogens with zero attached hydrogens (tertiary/aromatic N) is 4. The summed E-state index contributed by atoms with van der Waals surface area (Å²) in [4.78, 5) is 19.2. The normalized spacial score (nSPS) is 11.0. The van der Waals surface area contributed by atoms with Gasteiger partial charge in [-0.05, 0) is 50.3 Å². The van der Waals surface area contributed by atoms with Gasteiger partial charge in [0.05, 0.1) is 11.9 Å². The maximum absolute atomic E-state index is 12.6. The van der Waals surface area contributed by atoms with Gasteiger partial charge in [0, 0.05) is 29.4 Å². The third-order valence-corrected chi connectivity index (χ3v) is 5.54. The minimum atomic E-state index is -0.214. The molecule has 0 saturated heterocycles. The van der Waals surface area contributed by atoms with Crippen molar-refractivity contribution in [1.29, 1.82) is 0 Å². The van der Waals surface area contributed by atoms with Gasteiger partial charge in [-0.25, -0.2) is 9.67 Å². The number of benzene rings is 2. The van der Waals surface area contributed by atoms with Crippen LogP contribution in [0.25, 0.3) is 16.3 Å². The van der Waals surface area contributed by atoms with E-state index in [4.69, 9.17) is 0 Å². The second-order valence-corrected chi connectivity index (χ2v) is 8.11. The zero-order chi connectivity index (χ0) is 20.9. The highest BCUT2D eigenvalue weighted by Gasteiger charge is 2.14. The van der Waals surface area contributed by atoms with Crippen molar-refractivity contribution in [2.75, 3.05) is 26.0 Å². The summed E-state index contributed by atoms with van der Waals surface area (Å²) in [6, 6.07) is 17.8. The molecule has 2 aromatic heterocycles. The SMILES string of the molecule is CN(C)CCc1ccc(NC(=O)c2csc(-c3cnn(-c4ccccc4)c3)n2)cc1. The molecule has 152 valence electrons. The highest BCUT2D eigenvalue weighted by Crippen LogP contribution is 2.24. The molecular weight excluding hydrogens is 394 g/mol. The summed E-state index contributed by atoms with van der Waals surface area (Å²) in [5.74, 6) is -0.214. The lowest BCUT2D eigenvalue weighted by Crippen LogP contribution is -2.15. The van der Waals surface area contributed by atoms with Crippen molar-refractivity contribution >= 4 is 22.9 Å². The fourth-order valence-corrected chi connectivity index (χ4v) is 3.74. The van der Waals surface area contributed by atoms with Crippen molar-refractivity contribution in [2.24, 2.45) is 0 Å². The molecule has 0 saturated carbocycles. The second-order valence-electron chi connectivity index (χ2n) is 7.25. The predicted molar refractivity (Wildman–Crippen MR) is 121 cm³/mol. The predicted octanol–water partition coefficient (Wildman–Crippen LogP) is 4.35. The van der Waals surface area contributed by atoms with Gasteiger partial charge in [0.15, 0.2) is 0 Å². The molecular formula is C23H23N5OS. The third-order valence-electron chi connectivity index (χ3n) is 4.65. The van der Waals surface area contributed by atoms with Gasteiger partial charge in [0.2, 0.25) is 0 Å². The number of amides is 1. The Morgan fingerprint density at radius 1 is 1.10 bits per heavy atom. The summed E-state index contributed by atoms with van der Waals surface area (Å²) >= 11 is 1.43. The Morgan fingerprint density at radius 2 is 1.87 bits per heavy atom. The van der Waals surface area contributed by atoms with Crippen molar-refractivity contribution in [3.05, 3.63) is 83.6 Å². The quantitative estimate of drug-likeness (QED) is 0.486. The van der Waals surface area contributed by atoms with Crippen molar-refractivity contribution in [3.63, 3.8) is 0 Å². The fraction of sp³-hybridized carbons (Fsp3) is 0.174. The van der Waals surface area contributed by atoms with Crippen LogP contribution in [0.15, 0.2) is 72.4 Å². The average Bonchev–Trinajstić information content (AvgIpc) is 3.44. The van der Waals surface area contributed by atoms with Crippen LogP contribution in [0, 0.1) is 0 Å². The number of para-hydroxylation sites is 1. The largest absolute Gasteiger partial charge is 0.321 e. The highest BCUT2D eigenvalue weighted by atomic mass is 32.1. The number of hydrogen-bond donors (Lipinski definition) is 1. The van der Waals surface area contributed by atoms with Crippen LogP contribution in [-0.2, 0) is 6.42 Å². The Balaban J connectivity index is 1.41. The minimum absolute atomic E-state index is 0.214. The van der Waals surface area contributed by atoms with Gasteiger partial charge in [-0.3, -0.25) is 4.79 Å². The maximum atomic E-state index is 12.6. The van der Waals surface area contributed by atoms with Gasteiger partial charge in [0.1, 0.15) is 10.7 Å². The summed E-state index contributed by atoms with van der Waals surface area (Å²) in [6.07, 6.45) is 4.66. The molecule has 2 aromatic carbocycles. The third kappa shape index (κ3) is 4.82. The van der Waals surface area contributed by atoms with E-state index in [9.17, 15) is 4.79 Å². The Labute approximate surface area is 179 Å². The molecule has 0 aliphatic carbocycles. The molecule has 2 heterocycles. The number of likely N-dealkylation sites (N-methyl/N-ethyl adjacent to an activating group) is 1. The Kier molecular flexibility index (Phi) is 6.02. The first-order chi connectivity index (χ1) is 14.6. The van der Waals surface area contributed by atoms with E-state index in [2.05, 4.69) is 34.4 Å². The van der Waals surface area contributed by atoms with Gasteiger partial charge < -0.3 is 10.2 Å². The van der Waals surface area contributed by atoms with Crippen molar-refractivity contribution < 1.29 is 4.79 Å². The molecule has 0 aliphatic rings. The van der Waals surface area contributed by atoms with Gasteiger partial charge in [-0.2, -0.15) is 5.10 Å². The van der Waals surface area contributed by atoms with Crippen LogP contribution < -0.4 is 5.32 Å². The number of nitrogens with one attached hydrogen (secondary N) is 1. The van der Waals surface area contributed by atoms with Crippen LogP contribution in [0.1, 0.15) is 16.1 Å². The standard InChI is InChI=1S/C23H23N5OS/c1-27(2)13-12-17-8-10-19(11-9-17)25-22(29)21-16-30-23(26-21)18-14-24-28(15-18)20-6-4-3-5-7-20/h3-11,14-16H,12-13H2,1-2H3,(H,25,29). The summed E-state index contributed by atoms with van der Waals surface area (Å²) in [7, 11) is 4.12. The van der Waals surface area contributed by atoms with E-state index in [1.54, 1.807) is 16.3 Å². The second kappa shape index (κ2) is 9.02. The first-order valence-electron chi connectivity index (χ1n) is 9.69. The molecule has 0 spiro atoms. The number of carbonyl (C=O) groups excluding carboxylic acids is 1. The summed E-state index contributed by atoms with van der Waals surface area (Å²) in [5.41, 5.74) is 4.27. The van der Waals surface area contributed by atoms with Gasteiger partial charge in [-0.15, -0.1) is 11.3 Å². The van der Waals surface area contributed by atoms with Crippen LogP contribution in [-0.4, -0.2) is 46.2 Å². The van der Waals surface area contributed by atoms with E-state index in [-0.39, 0.29) is 5.91 Å². The maximum Gasteiger partial charge on any atom is 0.275 e. The molecule has 6 nitrogen and oxygen atoms in total. The van der Waals surface area contributed by atoms with E-state index in [1.807, 2.05) is 60.8 Å². The molecule has 4 aromatic rings. The molecule has 4 rings (SSSR count). The molecule has 30 heavy (non-hydrogen) atoms. The minimum Gasteiger partial charge on any atom is -0.321 e. The Hall–Kier alpha value is -3.29. The molecule has 0 aliphatic heterocycles. The first kappa shape index (κ1) is 20.0. The molecule has 0 fully saturated rings. The number of carbonyl (C=O) groups is 1. The first-order valence-corrected chi connectivity index (χ1v) is 10.6. The monoisotopic (exact) mass is 417 g/mol. The molecule has 0 bridgehead atoms.